The van der Waals surface area contributed by atoms with Crippen molar-refractivity contribution >= 4 is 12.1 Å². The van der Waals surface area contributed by atoms with Gasteiger partial charge in [-0.3, -0.25) is 4.79 Å². The van der Waals surface area contributed by atoms with E-state index in [9.17, 15) is 14.7 Å². The first-order valence-electron chi connectivity index (χ1n) is 12.1. The zero-order valence-corrected chi connectivity index (χ0v) is 20.6. The smallest absolute Gasteiger partial charge is 0.407 e. The molecule has 1 amide bonds. The maximum absolute atomic E-state index is 12.7. The van der Waals surface area contributed by atoms with Gasteiger partial charge in [0.05, 0.1) is 17.4 Å². The van der Waals surface area contributed by atoms with Crippen molar-refractivity contribution in [1.29, 1.82) is 0 Å². The molecular weight excluding hydrogens is 436 g/mol. The summed E-state index contributed by atoms with van der Waals surface area (Å²) >= 11 is 0. The monoisotopic (exact) mass is 470 g/mol. The van der Waals surface area contributed by atoms with Gasteiger partial charge in [-0.05, 0) is 71.3 Å². The van der Waals surface area contributed by atoms with Gasteiger partial charge in [0.15, 0.2) is 6.10 Å². The van der Waals surface area contributed by atoms with E-state index in [-0.39, 0.29) is 19.0 Å². The van der Waals surface area contributed by atoms with Crippen LogP contribution < -0.4 is 10.1 Å². The van der Waals surface area contributed by atoms with Gasteiger partial charge in [0.25, 0.3) is 0 Å². The molecule has 4 aliphatic rings. The van der Waals surface area contributed by atoms with Gasteiger partial charge in [-0.15, -0.1) is 0 Å². The molecular formula is C26H34N2O6. The molecule has 8 heteroatoms. The van der Waals surface area contributed by atoms with Crippen LogP contribution in [0.2, 0.25) is 0 Å². The van der Waals surface area contributed by atoms with Crippen LogP contribution in [0.5, 0.6) is 5.75 Å². The topological polar surface area (TPSA) is 97.3 Å². The summed E-state index contributed by atoms with van der Waals surface area (Å²) in [5.74, 6) is 0.819. The van der Waals surface area contributed by atoms with Crippen molar-refractivity contribution in [2.75, 3.05) is 20.1 Å². The van der Waals surface area contributed by atoms with Gasteiger partial charge >= 0.3 is 12.1 Å². The summed E-state index contributed by atoms with van der Waals surface area (Å²) in [6.07, 6.45) is 2.59. The third-order valence-corrected chi connectivity index (χ3v) is 7.80. The number of ether oxygens (including phenoxy) is 3. The third-order valence-electron chi connectivity index (χ3n) is 7.80. The molecule has 0 aromatic heterocycles. The average molecular weight is 471 g/mol. The molecule has 4 atom stereocenters. The second-order valence-electron chi connectivity index (χ2n) is 11.1. The minimum atomic E-state index is -0.995. The number of carbonyl (C=O) groups excluding carboxylic acids is 2. The van der Waals surface area contributed by atoms with Crippen LogP contribution in [0, 0.1) is 6.92 Å². The molecule has 2 N–H and O–H groups in total. The Labute approximate surface area is 200 Å². The SMILES string of the molecule is Cc1ccc2c3c1O[C@H]1C(OC(=O)CCNC(=O)OC(C)(C)C)=CC[C@@]4(O)[C@@H](C2)N(C)CC[C@]314. The Bertz CT molecular complexity index is 1080. The summed E-state index contributed by atoms with van der Waals surface area (Å²) in [6.45, 7) is 8.30. The summed E-state index contributed by atoms with van der Waals surface area (Å²) in [6, 6.07) is 4.19. The molecule has 1 saturated heterocycles. The van der Waals surface area contributed by atoms with E-state index in [1.54, 1.807) is 20.8 Å². The minimum absolute atomic E-state index is 0.00313. The molecule has 8 nitrogen and oxygen atoms in total. The molecule has 0 radical (unpaired) electrons. The van der Waals surface area contributed by atoms with Gasteiger partial charge in [0.1, 0.15) is 17.1 Å². The maximum atomic E-state index is 12.7. The maximum Gasteiger partial charge on any atom is 0.407 e. The normalized spacial score (nSPS) is 31.2. The van der Waals surface area contributed by atoms with Gasteiger partial charge in [0.2, 0.25) is 0 Å². The van der Waals surface area contributed by atoms with Gasteiger partial charge in [-0.1, -0.05) is 12.1 Å². The van der Waals surface area contributed by atoms with E-state index in [4.69, 9.17) is 14.2 Å². The van der Waals surface area contributed by atoms with Crippen molar-refractivity contribution in [1.82, 2.24) is 10.2 Å². The molecule has 0 saturated carbocycles. The number of esters is 1. The summed E-state index contributed by atoms with van der Waals surface area (Å²) < 4.78 is 17.5. The second kappa shape index (κ2) is 7.71. The Morgan fingerprint density at radius 1 is 1.32 bits per heavy atom. The summed E-state index contributed by atoms with van der Waals surface area (Å²) in [4.78, 5) is 26.8. The zero-order valence-electron chi connectivity index (χ0n) is 20.6. The van der Waals surface area contributed by atoms with Gasteiger partial charge in [-0.2, -0.15) is 0 Å². The first-order chi connectivity index (χ1) is 16.0. The van der Waals surface area contributed by atoms with E-state index in [2.05, 4.69) is 29.4 Å². The van der Waals surface area contributed by atoms with Crippen molar-refractivity contribution in [3.05, 3.63) is 40.7 Å². The molecule has 1 aromatic carbocycles. The number of piperidine rings is 1. The van der Waals surface area contributed by atoms with Crippen molar-refractivity contribution in [2.24, 2.45) is 0 Å². The number of amides is 1. The lowest BCUT2D eigenvalue weighted by Crippen LogP contribution is -2.74. The van der Waals surface area contributed by atoms with E-state index in [1.165, 1.54) is 5.56 Å². The highest BCUT2D eigenvalue weighted by Gasteiger charge is 2.71. The van der Waals surface area contributed by atoms with E-state index in [0.29, 0.717) is 12.2 Å². The highest BCUT2D eigenvalue weighted by molar-refractivity contribution is 5.73. The van der Waals surface area contributed by atoms with Crippen LogP contribution in [0.3, 0.4) is 0 Å². The number of likely N-dealkylation sites (tertiary alicyclic amines) is 1. The summed E-state index contributed by atoms with van der Waals surface area (Å²) in [7, 11) is 2.07. The van der Waals surface area contributed by atoms with Crippen LogP contribution in [-0.2, 0) is 26.1 Å². The molecule has 184 valence electrons. The van der Waals surface area contributed by atoms with Crippen molar-refractivity contribution in [2.45, 2.75) is 82.1 Å². The summed E-state index contributed by atoms with van der Waals surface area (Å²) in [5.41, 5.74) is 1.08. The third kappa shape index (κ3) is 3.33. The fourth-order valence-corrected chi connectivity index (χ4v) is 6.35. The lowest BCUT2D eigenvalue weighted by atomic mass is 9.50. The van der Waals surface area contributed by atoms with Crippen molar-refractivity contribution in [3.63, 3.8) is 0 Å². The predicted octanol–water partition coefficient (Wildman–Crippen LogP) is 2.73. The van der Waals surface area contributed by atoms with Crippen LogP contribution in [0.1, 0.15) is 56.7 Å². The Morgan fingerprint density at radius 3 is 2.82 bits per heavy atom. The van der Waals surface area contributed by atoms with Gasteiger partial charge in [0, 0.05) is 24.6 Å². The molecule has 5 rings (SSSR count). The van der Waals surface area contributed by atoms with E-state index in [1.807, 2.05) is 13.0 Å². The fraction of sp³-hybridized carbons (Fsp3) is 0.615. The number of benzene rings is 1. The lowest BCUT2D eigenvalue weighted by Gasteiger charge is -2.61. The first-order valence-corrected chi connectivity index (χ1v) is 12.1. The number of rotatable bonds is 4. The number of nitrogens with zero attached hydrogens (tertiary/aromatic N) is 1. The van der Waals surface area contributed by atoms with E-state index < -0.39 is 34.8 Å². The number of aliphatic hydroxyl groups is 1. The van der Waals surface area contributed by atoms with Crippen LogP contribution >= 0.6 is 0 Å². The Morgan fingerprint density at radius 2 is 2.09 bits per heavy atom. The Hall–Kier alpha value is -2.58. The van der Waals surface area contributed by atoms with E-state index >= 15 is 0 Å². The molecule has 2 bridgehead atoms. The fourth-order valence-electron chi connectivity index (χ4n) is 6.35. The molecule has 1 aromatic rings. The van der Waals surface area contributed by atoms with Gasteiger partial charge in [-0.25, -0.2) is 4.79 Å². The molecule has 34 heavy (non-hydrogen) atoms. The largest absolute Gasteiger partial charge is 0.481 e. The standard InChI is InChI=1S/C26H34N2O6/c1-15-6-7-16-14-18-26(31)10-8-17(32-19(29)9-12-27-23(30)34-24(2,3)4)22-25(26,11-13-28(18)5)20(16)21(15)33-22/h6-8,18,22,31H,9-14H2,1-5H3,(H,27,30)/t18-,22+,25+,26-/m1/s1. The Balaban J connectivity index is 1.37. The van der Waals surface area contributed by atoms with Crippen molar-refractivity contribution in [3.8, 4) is 5.75 Å². The number of hydrogen-bond donors (Lipinski definition) is 2. The average Bonchev–Trinajstić information content (AvgIpc) is 3.09. The highest BCUT2D eigenvalue weighted by Crippen LogP contribution is 2.64. The number of likely N-dealkylation sites (N-methyl/N-ethyl adjacent to an activating group) is 1. The molecule has 2 aliphatic carbocycles. The predicted molar refractivity (Wildman–Crippen MR) is 125 cm³/mol. The second-order valence-corrected chi connectivity index (χ2v) is 11.1. The number of carbonyl (C=O) groups is 2. The zero-order chi connectivity index (χ0) is 24.5. The summed E-state index contributed by atoms with van der Waals surface area (Å²) in [5, 5.41) is 14.7. The van der Waals surface area contributed by atoms with Crippen LogP contribution in [0.15, 0.2) is 24.0 Å². The highest BCUT2D eigenvalue weighted by atomic mass is 16.6. The molecule has 2 aliphatic heterocycles. The number of hydrogen-bond acceptors (Lipinski definition) is 7. The molecule has 1 fully saturated rings. The Kier molecular flexibility index (Phi) is 5.26. The van der Waals surface area contributed by atoms with E-state index in [0.717, 1.165) is 36.3 Å². The molecule has 0 unspecified atom stereocenters. The first kappa shape index (κ1) is 23.2. The van der Waals surface area contributed by atoms with Crippen LogP contribution in [0.4, 0.5) is 4.79 Å². The molecule has 1 spiro atoms. The van der Waals surface area contributed by atoms with Crippen LogP contribution in [0.25, 0.3) is 0 Å². The minimum Gasteiger partial charge on any atom is -0.481 e. The number of nitrogens with one attached hydrogen (secondary N) is 1. The van der Waals surface area contributed by atoms with Crippen LogP contribution in [-0.4, -0.2) is 65.6 Å². The molecule has 2 heterocycles. The number of aryl methyl sites for hydroxylation is 1. The lowest BCUT2D eigenvalue weighted by molar-refractivity contribution is -0.169. The quantitative estimate of drug-likeness (QED) is 0.653. The van der Waals surface area contributed by atoms with Gasteiger partial charge < -0.3 is 29.5 Å². The van der Waals surface area contributed by atoms with Crippen molar-refractivity contribution < 1.29 is 28.9 Å². The number of alkyl carbamates (subject to hydrolysis) is 1.